The maximum Gasteiger partial charge on any atom is 0.485 e. The Morgan fingerprint density at radius 2 is 1.64 bits per heavy atom. The largest absolute Gasteiger partial charge is 0.741 e. The lowest BCUT2D eigenvalue weighted by Gasteiger charge is -2.08. The zero-order chi connectivity index (χ0) is 17.6. The van der Waals surface area contributed by atoms with E-state index in [-0.39, 0.29) is 5.97 Å². The van der Waals surface area contributed by atoms with E-state index in [4.69, 9.17) is 13.0 Å². The van der Waals surface area contributed by atoms with E-state index in [0.29, 0.717) is 16.5 Å². The van der Waals surface area contributed by atoms with Crippen LogP contribution < -0.4 is 0 Å². The molecule has 126 valence electrons. The van der Waals surface area contributed by atoms with Crippen molar-refractivity contribution < 1.29 is 35.7 Å². The molecule has 0 aliphatic carbocycles. The van der Waals surface area contributed by atoms with Gasteiger partial charge in [-0.15, -0.1) is 0 Å². The Hall–Kier alpha value is -1.26. The van der Waals surface area contributed by atoms with Crippen molar-refractivity contribution in [3.63, 3.8) is 0 Å². The van der Waals surface area contributed by atoms with Crippen molar-refractivity contribution in [1.82, 2.24) is 0 Å². The maximum atomic E-state index is 11.1. The van der Waals surface area contributed by atoms with Gasteiger partial charge in [0.2, 0.25) is 0 Å². The molecule has 0 bridgehead atoms. The van der Waals surface area contributed by atoms with E-state index in [0.717, 1.165) is 5.75 Å². The Labute approximate surface area is 129 Å². The number of alkyl halides is 3. The first-order valence-electron chi connectivity index (χ1n) is 5.62. The standard InChI is InChI=1S/C11H15O2S.CHF3O3S/c1-13-11(12)10-6-4-9(5-7-10)8-14(2)3;2-1(3,4)8(5,6)7/h4-7H,8H2,1-3H3;(H,5,6,7)/q+1;/p-1. The third-order valence-electron chi connectivity index (χ3n) is 2.11. The number of esters is 1. The van der Waals surface area contributed by atoms with Crippen LogP contribution in [0.5, 0.6) is 0 Å². The van der Waals surface area contributed by atoms with Gasteiger partial charge in [0, 0.05) is 5.56 Å². The summed E-state index contributed by atoms with van der Waals surface area (Å²) in [7, 11) is -4.30. The number of rotatable bonds is 3. The number of carbonyl (C=O) groups excluding carboxylic acids is 1. The van der Waals surface area contributed by atoms with Crippen LogP contribution in [0, 0.1) is 0 Å². The second-order valence-electron chi connectivity index (χ2n) is 4.22. The molecule has 0 aliphatic rings. The fourth-order valence-electron chi connectivity index (χ4n) is 1.19. The van der Waals surface area contributed by atoms with E-state index in [1.807, 2.05) is 24.3 Å². The van der Waals surface area contributed by atoms with E-state index in [2.05, 4.69) is 17.2 Å². The quantitative estimate of drug-likeness (QED) is 0.356. The van der Waals surface area contributed by atoms with E-state index in [1.165, 1.54) is 12.7 Å². The molecule has 1 rings (SSSR count). The third-order valence-corrected chi connectivity index (χ3v) is 3.59. The van der Waals surface area contributed by atoms with Crippen LogP contribution in [0.3, 0.4) is 0 Å². The summed E-state index contributed by atoms with van der Waals surface area (Å²) in [5.41, 5.74) is -3.76. The zero-order valence-corrected chi connectivity index (χ0v) is 13.6. The average Bonchev–Trinajstić information content (AvgIpc) is 2.36. The summed E-state index contributed by atoms with van der Waals surface area (Å²) in [5.74, 6) is 0.796. The third kappa shape index (κ3) is 7.66. The Morgan fingerprint density at radius 3 is 1.91 bits per heavy atom. The molecule has 0 radical (unpaired) electrons. The predicted octanol–water partition coefficient (Wildman–Crippen LogP) is 1.90. The van der Waals surface area contributed by atoms with Crippen molar-refractivity contribution in [2.24, 2.45) is 0 Å². The lowest BCUT2D eigenvalue weighted by molar-refractivity contribution is -0.0517. The molecular formula is C12H15F3O5S2. The van der Waals surface area contributed by atoms with Crippen LogP contribution in [0.25, 0.3) is 0 Å². The van der Waals surface area contributed by atoms with Crippen LogP contribution in [0.4, 0.5) is 13.2 Å². The van der Waals surface area contributed by atoms with Crippen molar-refractivity contribution in [1.29, 1.82) is 0 Å². The molecule has 22 heavy (non-hydrogen) atoms. The lowest BCUT2D eigenvalue weighted by atomic mass is 10.1. The van der Waals surface area contributed by atoms with Gasteiger partial charge in [-0.2, -0.15) is 13.2 Å². The van der Waals surface area contributed by atoms with E-state index in [1.54, 1.807) is 0 Å². The van der Waals surface area contributed by atoms with Crippen molar-refractivity contribution in [2.45, 2.75) is 11.3 Å². The monoisotopic (exact) mass is 360 g/mol. The molecule has 10 heteroatoms. The number of halogens is 3. The number of ether oxygens (including phenoxy) is 1. The normalized spacial score (nSPS) is 11.6. The van der Waals surface area contributed by atoms with Gasteiger partial charge in [0.05, 0.1) is 25.2 Å². The molecule has 1 aromatic rings. The fourth-order valence-corrected chi connectivity index (χ4v) is 2.05. The second kappa shape index (κ2) is 8.39. The molecule has 0 unspecified atom stereocenters. The lowest BCUT2D eigenvalue weighted by Crippen LogP contribution is -2.21. The van der Waals surface area contributed by atoms with E-state index in [9.17, 15) is 18.0 Å². The van der Waals surface area contributed by atoms with Crippen LogP contribution in [0.15, 0.2) is 24.3 Å². The summed E-state index contributed by atoms with van der Waals surface area (Å²) in [6, 6.07) is 7.60. The molecule has 5 nitrogen and oxygen atoms in total. The molecule has 0 spiro atoms. The Morgan fingerprint density at radius 1 is 1.23 bits per heavy atom. The van der Waals surface area contributed by atoms with E-state index < -0.39 is 15.6 Å². The number of carbonyl (C=O) groups is 1. The summed E-state index contributed by atoms with van der Waals surface area (Å²) >= 11 is 0. The molecule has 0 saturated carbocycles. The van der Waals surface area contributed by atoms with Crippen molar-refractivity contribution in [3.8, 4) is 0 Å². The molecule has 0 fully saturated rings. The molecule has 0 heterocycles. The minimum absolute atomic E-state index is 0.274. The Balaban J connectivity index is 0.000000472. The van der Waals surface area contributed by atoms with Gasteiger partial charge in [-0.3, -0.25) is 0 Å². The van der Waals surface area contributed by atoms with Crippen LogP contribution in [-0.2, 0) is 31.5 Å². The highest BCUT2D eigenvalue weighted by atomic mass is 32.2. The van der Waals surface area contributed by atoms with Crippen LogP contribution in [0.2, 0.25) is 0 Å². The summed E-state index contributed by atoms with van der Waals surface area (Å²) in [5, 5.41) is 0. The van der Waals surface area contributed by atoms with Gasteiger partial charge in [0.15, 0.2) is 10.1 Å². The number of methoxy groups -OCH3 is 1. The number of benzene rings is 1. The number of hydrogen-bond donors (Lipinski definition) is 0. The Bertz CT molecular complexity index is 580. The molecule has 0 N–H and O–H groups in total. The fraction of sp³-hybridized carbons (Fsp3) is 0.417. The minimum atomic E-state index is -6.09. The van der Waals surface area contributed by atoms with Gasteiger partial charge in [0.1, 0.15) is 5.75 Å². The maximum absolute atomic E-state index is 11.1. The van der Waals surface area contributed by atoms with Crippen molar-refractivity contribution >= 4 is 27.0 Å². The molecule has 0 aromatic heterocycles. The van der Waals surface area contributed by atoms with Gasteiger partial charge in [-0.25, -0.2) is 13.2 Å². The highest BCUT2D eigenvalue weighted by Crippen LogP contribution is 2.20. The van der Waals surface area contributed by atoms with Crippen LogP contribution in [-0.4, -0.2) is 44.1 Å². The molecule has 0 atom stereocenters. The molecule has 1 aromatic carbocycles. The molecule has 0 saturated heterocycles. The summed E-state index contributed by atoms with van der Waals surface area (Å²) < 4.78 is 63.5. The van der Waals surface area contributed by atoms with Gasteiger partial charge >= 0.3 is 11.5 Å². The number of hydrogen-bond acceptors (Lipinski definition) is 5. The second-order valence-corrected chi connectivity index (χ2v) is 7.85. The topological polar surface area (TPSA) is 83.5 Å². The summed E-state index contributed by atoms with van der Waals surface area (Å²) in [6.07, 6.45) is 4.41. The zero-order valence-electron chi connectivity index (χ0n) is 12.0. The summed E-state index contributed by atoms with van der Waals surface area (Å²) in [6.45, 7) is 0. The van der Waals surface area contributed by atoms with Gasteiger partial charge in [-0.1, -0.05) is 12.1 Å². The predicted molar refractivity (Wildman–Crippen MR) is 76.5 cm³/mol. The summed E-state index contributed by atoms with van der Waals surface area (Å²) in [4.78, 5) is 11.1. The first-order valence-corrected chi connectivity index (χ1v) is 9.24. The molecule has 0 aliphatic heterocycles. The van der Waals surface area contributed by atoms with Gasteiger partial charge < -0.3 is 9.29 Å². The average molecular weight is 360 g/mol. The molecular weight excluding hydrogens is 345 g/mol. The van der Waals surface area contributed by atoms with E-state index >= 15 is 0 Å². The van der Waals surface area contributed by atoms with Crippen LogP contribution in [0.1, 0.15) is 15.9 Å². The highest BCUT2D eigenvalue weighted by Gasteiger charge is 2.36. The smallest absolute Gasteiger partial charge is 0.485 e. The minimum Gasteiger partial charge on any atom is -0.741 e. The van der Waals surface area contributed by atoms with Gasteiger partial charge in [-0.05, 0) is 23.0 Å². The van der Waals surface area contributed by atoms with Crippen molar-refractivity contribution in [2.75, 3.05) is 19.6 Å². The van der Waals surface area contributed by atoms with Crippen molar-refractivity contribution in [3.05, 3.63) is 35.4 Å². The first kappa shape index (κ1) is 20.7. The molecule has 0 amide bonds. The SMILES string of the molecule is COC(=O)c1ccc(C[S+](C)C)cc1.O=S(=O)([O-])C(F)(F)F. The van der Waals surface area contributed by atoms with Gasteiger partial charge in [0.25, 0.3) is 0 Å². The first-order chi connectivity index (χ1) is 9.88. The Kier molecular flexibility index (Phi) is 7.91. The van der Waals surface area contributed by atoms with Crippen LogP contribution >= 0.6 is 0 Å². The highest BCUT2D eigenvalue weighted by molar-refractivity contribution is 7.94.